The summed E-state index contributed by atoms with van der Waals surface area (Å²) >= 11 is 0. The average Bonchev–Trinajstić information content (AvgIpc) is 3.09. The van der Waals surface area contributed by atoms with Crippen LogP contribution >= 0.6 is 0 Å². The first-order valence-corrected chi connectivity index (χ1v) is 8.43. The average molecular weight is 301 g/mol. The molecule has 1 N–H and O–H groups in total. The number of likely N-dealkylation sites (tertiary alicyclic amines) is 1. The molecule has 4 heteroatoms. The van der Waals surface area contributed by atoms with Crippen molar-refractivity contribution < 1.29 is 4.74 Å². The Morgan fingerprint density at radius 2 is 1.91 bits per heavy atom. The third-order valence-electron chi connectivity index (χ3n) is 4.36. The monoisotopic (exact) mass is 301 g/mol. The van der Waals surface area contributed by atoms with Gasteiger partial charge < -0.3 is 19.9 Å². The van der Waals surface area contributed by atoms with E-state index >= 15 is 0 Å². The summed E-state index contributed by atoms with van der Waals surface area (Å²) in [6, 6.07) is 8.36. The van der Waals surface area contributed by atoms with Crippen LogP contribution in [0, 0.1) is 5.92 Å². The summed E-state index contributed by atoms with van der Waals surface area (Å²) in [7, 11) is 0. The lowest BCUT2D eigenvalue weighted by molar-refractivity contribution is 0.165. The topological polar surface area (TPSA) is 27.7 Å². The van der Waals surface area contributed by atoms with Crippen LogP contribution in [0.5, 0.6) is 5.75 Å². The number of benzene rings is 1. The zero-order chi connectivity index (χ0) is 15.2. The van der Waals surface area contributed by atoms with Crippen LogP contribution in [0.1, 0.15) is 26.2 Å². The molecule has 1 fully saturated rings. The van der Waals surface area contributed by atoms with E-state index in [2.05, 4.69) is 52.5 Å². The fraction of sp³-hybridized carbons (Fsp3) is 0.556. The Morgan fingerprint density at radius 3 is 2.59 bits per heavy atom. The number of rotatable bonds is 6. The van der Waals surface area contributed by atoms with Gasteiger partial charge in [-0.3, -0.25) is 0 Å². The van der Waals surface area contributed by atoms with Crippen molar-refractivity contribution in [3.63, 3.8) is 0 Å². The van der Waals surface area contributed by atoms with Crippen LogP contribution in [0.3, 0.4) is 0 Å². The molecule has 2 aliphatic heterocycles. The highest BCUT2D eigenvalue weighted by molar-refractivity contribution is 5.52. The maximum atomic E-state index is 5.95. The lowest BCUT2D eigenvalue weighted by Crippen LogP contribution is -2.35. The molecule has 0 saturated carbocycles. The van der Waals surface area contributed by atoms with E-state index in [1.807, 2.05) is 6.20 Å². The third-order valence-corrected chi connectivity index (χ3v) is 4.36. The van der Waals surface area contributed by atoms with E-state index in [4.69, 9.17) is 4.74 Å². The molecule has 120 valence electrons. The summed E-state index contributed by atoms with van der Waals surface area (Å²) in [4.78, 5) is 4.75. The molecule has 3 rings (SSSR count). The highest BCUT2D eigenvalue weighted by Crippen LogP contribution is 2.21. The second-order valence-corrected chi connectivity index (χ2v) is 6.42. The Hall–Kier alpha value is -1.68. The molecule has 0 bridgehead atoms. The number of anilines is 1. The molecular formula is C18H27N3O. The van der Waals surface area contributed by atoms with Gasteiger partial charge in [0.05, 0.1) is 13.3 Å². The van der Waals surface area contributed by atoms with Crippen LogP contribution in [0.4, 0.5) is 5.69 Å². The Labute approximate surface area is 133 Å². The molecule has 1 unspecified atom stereocenters. The minimum Gasteiger partial charge on any atom is -0.493 e. The first-order valence-electron chi connectivity index (χ1n) is 8.43. The molecule has 1 atom stereocenters. The molecule has 1 aromatic rings. The van der Waals surface area contributed by atoms with Crippen LogP contribution in [-0.2, 0) is 0 Å². The zero-order valence-electron chi connectivity index (χ0n) is 13.5. The number of ether oxygens (including phenoxy) is 1. The van der Waals surface area contributed by atoms with E-state index in [-0.39, 0.29) is 0 Å². The minimum absolute atomic E-state index is 0.573. The predicted molar refractivity (Wildman–Crippen MR) is 91.0 cm³/mol. The summed E-state index contributed by atoms with van der Waals surface area (Å²) in [6.45, 7) is 7.59. The molecule has 22 heavy (non-hydrogen) atoms. The van der Waals surface area contributed by atoms with Crippen molar-refractivity contribution in [2.24, 2.45) is 5.92 Å². The van der Waals surface area contributed by atoms with Crippen molar-refractivity contribution in [3.05, 3.63) is 36.7 Å². The minimum atomic E-state index is 0.573. The summed E-state index contributed by atoms with van der Waals surface area (Å²) in [6.07, 6.45) is 8.13. The standard InChI is InChI=1S/C18H27N3O/c1-16(13-20-10-3-2-4-11-20)14-22-18-7-5-17(6-8-18)21-12-9-19-15-21/h5-9,12,16,19H,2-4,10-11,13-15H2,1H3. The normalized spacial score (nSPS) is 20.0. The van der Waals surface area contributed by atoms with Gasteiger partial charge in [0, 0.05) is 30.5 Å². The number of hydrogen-bond donors (Lipinski definition) is 1. The summed E-state index contributed by atoms with van der Waals surface area (Å²) in [5, 5.41) is 3.17. The van der Waals surface area contributed by atoms with Gasteiger partial charge in [0.15, 0.2) is 0 Å². The molecule has 1 saturated heterocycles. The molecule has 1 aromatic carbocycles. The lowest BCUT2D eigenvalue weighted by Gasteiger charge is -2.29. The Balaban J connectivity index is 1.43. The van der Waals surface area contributed by atoms with Gasteiger partial charge in [0.2, 0.25) is 0 Å². The molecule has 4 nitrogen and oxygen atoms in total. The molecule has 0 aliphatic carbocycles. The predicted octanol–water partition coefficient (Wildman–Crippen LogP) is 3.03. The molecule has 2 aliphatic rings. The highest BCUT2D eigenvalue weighted by Gasteiger charge is 2.14. The molecule has 0 spiro atoms. The van der Waals surface area contributed by atoms with Crippen LogP contribution in [0.25, 0.3) is 0 Å². The van der Waals surface area contributed by atoms with E-state index in [1.165, 1.54) is 38.0 Å². The van der Waals surface area contributed by atoms with Gasteiger partial charge in [-0.15, -0.1) is 0 Å². The van der Waals surface area contributed by atoms with E-state index in [0.29, 0.717) is 5.92 Å². The Morgan fingerprint density at radius 1 is 1.14 bits per heavy atom. The van der Waals surface area contributed by atoms with Gasteiger partial charge in [0.25, 0.3) is 0 Å². The van der Waals surface area contributed by atoms with Gasteiger partial charge >= 0.3 is 0 Å². The van der Waals surface area contributed by atoms with Gasteiger partial charge in [0.1, 0.15) is 5.75 Å². The van der Waals surface area contributed by atoms with Crippen molar-refractivity contribution in [2.75, 3.05) is 37.8 Å². The molecule has 0 amide bonds. The second-order valence-electron chi connectivity index (χ2n) is 6.42. The number of hydrogen-bond acceptors (Lipinski definition) is 4. The quantitative estimate of drug-likeness (QED) is 0.874. The smallest absolute Gasteiger partial charge is 0.119 e. The van der Waals surface area contributed by atoms with E-state index in [1.54, 1.807) is 0 Å². The SMILES string of the molecule is CC(COc1ccc(N2C=CNC2)cc1)CN1CCCCC1. The first kappa shape index (κ1) is 15.2. The Bertz CT molecular complexity index is 480. The largest absolute Gasteiger partial charge is 0.493 e. The number of nitrogens with zero attached hydrogens (tertiary/aromatic N) is 2. The molecule has 0 radical (unpaired) electrons. The van der Waals surface area contributed by atoms with E-state index < -0.39 is 0 Å². The third kappa shape index (κ3) is 4.17. The highest BCUT2D eigenvalue weighted by atomic mass is 16.5. The van der Waals surface area contributed by atoms with Gasteiger partial charge in [-0.1, -0.05) is 13.3 Å². The first-order chi connectivity index (χ1) is 10.8. The van der Waals surface area contributed by atoms with Gasteiger partial charge in [-0.2, -0.15) is 0 Å². The number of nitrogens with one attached hydrogen (secondary N) is 1. The van der Waals surface area contributed by atoms with Crippen LogP contribution in [-0.4, -0.2) is 37.8 Å². The maximum Gasteiger partial charge on any atom is 0.119 e. The van der Waals surface area contributed by atoms with E-state index in [9.17, 15) is 0 Å². The van der Waals surface area contributed by atoms with Crippen molar-refractivity contribution in [1.29, 1.82) is 0 Å². The second kappa shape index (κ2) is 7.54. The lowest BCUT2D eigenvalue weighted by atomic mass is 10.1. The van der Waals surface area contributed by atoms with Crippen molar-refractivity contribution in [2.45, 2.75) is 26.2 Å². The molecular weight excluding hydrogens is 274 g/mol. The number of piperidine rings is 1. The van der Waals surface area contributed by atoms with Crippen molar-refractivity contribution >= 4 is 5.69 Å². The summed E-state index contributed by atoms with van der Waals surface area (Å²) in [5.74, 6) is 1.54. The molecule has 0 aromatic heterocycles. The molecule has 2 heterocycles. The van der Waals surface area contributed by atoms with Crippen molar-refractivity contribution in [1.82, 2.24) is 10.2 Å². The summed E-state index contributed by atoms with van der Waals surface area (Å²) in [5.41, 5.74) is 1.19. The van der Waals surface area contributed by atoms with E-state index in [0.717, 1.165) is 25.6 Å². The Kier molecular flexibility index (Phi) is 5.22. The maximum absolute atomic E-state index is 5.95. The summed E-state index contributed by atoms with van der Waals surface area (Å²) < 4.78 is 5.95. The fourth-order valence-corrected chi connectivity index (χ4v) is 3.13. The van der Waals surface area contributed by atoms with Crippen LogP contribution in [0.2, 0.25) is 0 Å². The van der Waals surface area contributed by atoms with Gasteiger partial charge in [-0.25, -0.2) is 0 Å². The fourth-order valence-electron chi connectivity index (χ4n) is 3.13. The van der Waals surface area contributed by atoms with Crippen molar-refractivity contribution in [3.8, 4) is 5.75 Å². The van der Waals surface area contributed by atoms with Gasteiger partial charge in [-0.05, 0) is 50.2 Å². The van der Waals surface area contributed by atoms with Crippen LogP contribution < -0.4 is 15.0 Å². The zero-order valence-corrected chi connectivity index (χ0v) is 13.5. The van der Waals surface area contributed by atoms with Crippen LogP contribution in [0.15, 0.2) is 36.7 Å².